The van der Waals surface area contributed by atoms with E-state index in [0.29, 0.717) is 10.0 Å². The zero-order valence-corrected chi connectivity index (χ0v) is 9.32. The number of halogens is 3. The van der Waals surface area contributed by atoms with Crippen LogP contribution in [0.1, 0.15) is 19.4 Å². The lowest BCUT2D eigenvalue weighted by Crippen LogP contribution is -1.96. The number of allylic oxidation sites excluding steroid dienone is 1. The molecule has 0 fully saturated rings. The van der Waals surface area contributed by atoms with Crippen molar-refractivity contribution in [3.8, 4) is 0 Å². The van der Waals surface area contributed by atoms with E-state index >= 15 is 0 Å². The summed E-state index contributed by atoms with van der Waals surface area (Å²) in [6, 6.07) is 2.22. The lowest BCUT2D eigenvalue weighted by Gasteiger charge is -2.06. The van der Waals surface area contributed by atoms with Gasteiger partial charge in [-0.25, -0.2) is 8.78 Å². The van der Waals surface area contributed by atoms with Crippen molar-refractivity contribution in [2.75, 3.05) is 0 Å². The van der Waals surface area contributed by atoms with E-state index in [1.807, 2.05) is 0 Å². The second-order valence-corrected chi connectivity index (χ2v) is 4.01. The fourth-order valence-electron chi connectivity index (χ4n) is 1.02. The van der Waals surface area contributed by atoms with Crippen molar-refractivity contribution in [1.82, 2.24) is 0 Å². The molecule has 1 nitrogen and oxygen atoms in total. The molecule has 0 saturated carbocycles. The third-order valence-electron chi connectivity index (χ3n) is 1.72. The van der Waals surface area contributed by atoms with Crippen molar-refractivity contribution in [2.45, 2.75) is 13.8 Å². The van der Waals surface area contributed by atoms with Crippen molar-refractivity contribution in [3.05, 3.63) is 39.4 Å². The minimum Gasteiger partial charge on any atom is -0.507 e. The van der Waals surface area contributed by atoms with Gasteiger partial charge in [0, 0.05) is 4.47 Å². The van der Waals surface area contributed by atoms with Crippen LogP contribution in [0.3, 0.4) is 0 Å². The topological polar surface area (TPSA) is 20.2 Å². The summed E-state index contributed by atoms with van der Waals surface area (Å²) in [6.45, 7) is 3.16. The molecule has 0 unspecified atom stereocenters. The van der Waals surface area contributed by atoms with Gasteiger partial charge in [0.25, 0.3) is 0 Å². The molecule has 0 aliphatic rings. The quantitative estimate of drug-likeness (QED) is 0.758. The summed E-state index contributed by atoms with van der Waals surface area (Å²) in [5, 5.41) is 9.43. The Balaban J connectivity index is 3.43. The van der Waals surface area contributed by atoms with Crippen molar-refractivity contribution in [3.63, 3.8) is 0 Å². The summed E-state index contributed by atoms with van der Waals surface area (Å²) < 4.78 is 26.8. The third kappa shape index (κ3) is 2.12. The molecule has 0 saturated heterocycles. The Hall–Kier alpha value is -0.900. The normalized spacial score (nSPS) is 10.1. The maximum Gasteiger partial charge on any atom is 0.138 e. The summed E-state index contributed by atoms with van der Waals surface area (Å²) in [7, 11) is 0. The zero-order valence-electron chi connectivity index (χ0n) is 7.74. The van der Waals surface area contributed by atoms with E-state index in [4.69, 9.17) is 0 Å². The minimum atomic E-state index is -0.782. The van der Waals surface area contributed by atoms with Gasteiger partial charge in [0.1, 0.15) is 17.4 Å². The van der Waals surface area contributed by atoms with Gasteiger partial charge in [-0.1, -0.05) is 15.9 Å². The maximum absolute atomic E-state index is 13.3. The highest BCUT2D eigenvalue weighted by Crippen LogP contribution is 2.25. The summed E-state index contributed by atoms with van der Waals surface area (Å²) in [4.78, 5) is 0. The molecule has 0 aliphatic heterocycles. The van der Waals surface area contributed by atoms with Crippen LogP contribution in [0.25, 0.3) is 5.76 Å². The second kappa shape index (κ2) is 4.09. The number of aliphatic hydroxyl groups is 1. The van der Waals surface area contributed by atoms with Crippen LogP contribution >= 0.6 is 15.9 Å². The molecule has 0 heterocycles. The Kier molecular flexibility index (Phi) is 3.26. The first-order valence-corrected chi connectivity index (χ1v) is 4.74. The molecule has 14 heavy (non-hydrogen) atoms. The average molecular weight is 263 g/mol. The molecule has 0 aromatic heterocycles. The van der Waals surface area contributed by atoms with Crippen LogP contribution in [0.2, 0.25) is 0 Å². The highest BCUT2D eigenvalue weighted by atomic mass is 79.9. The van der Waals surface area contributed by atoms with Gasteiger partial charge in [0.05, 0.1) is 5.56 Å². The average Bonchev–Trinajstić information content (AvgIpc) is 2.01. The largest absolute Gasteiger partial charge is 0.507 e. The van der Waals surface area contributed by atoms with Gasteiger partial charge in [0.2, 0.25) is 0 Å². The molecule has 1 aromatic carbocycles. The van der Waals surface area contributed by atoms with E-state index in [-0.39, 0.29) is 11.3 Å². The Labute approximate surface area is 89.2 Å². The van der Waals surface area contributed by atoms with E-state index in [0.717, 1.165) is 12.1 Å². The Bertz CT molecular complexity index is 372. The predicted molar refractivity (Wildman–Crippen MR) is 55.0 cm³/mol. The fourth-order valence-corrected chi connectivity index (χ4v) is 1.42. The monoisotopic (exact) mass is 262 g/mol. The molecule has 0 amide bonds. The van der Waals surface area contributed by atoms with Gasteiger partial charge in [-0.3, -0.25) is 0 Å². The first-order valence-electron chi connectivity index (χ1n) is 3.95. The summed E-state index contributed by atoms with van der Waals surface area (Å²) >= 11 is 2.96. The Morgan fingerprint density at radius 3 is 2.00 bits per heavy atom. The van der Waals surface area contributed by atoms with Crippen LogP contribution in [0.5, 0.6) is 0 Å². The van der Waals surface area contributed by atoms with Gasteiger partial charge in [0.15, 0.2) is 0 Å². The molecule has 0 spiro atoms. The standard InChI is InChI=1S/C10H9BrF2O/c1-5(2)10(14)9-7(12)3-6(11)4-8(9)13/h3-4,14H,1-2H3. The van der Waals surface area contributed by atoms with Crippen LogP contribution in [0.15, 0.2) is 22.2 Å². The number of aliphatic hydroxyl groups excluding tert-OH is 1. The molecule has 1 rings (SSSR count). The Morgan fingerprint density at radius 2 is 1.64 bits per heavy atom. The number of hydrogen-bond acceptors (Lipinski definition) is 1. The van der Waals surface area contributed by atoms with Crippen LogP contribution in [-0.2, 0) is 0 Å². The van der Waals surface area contributed by atoms with E-state index in [9.17, 15) is 13.9 Å². The lowest BCUT2D eigenvalue weighted by molar-refractivity contribution is 0.483. The summed E-state index contributed by atoms with van der Waals surface area (Å²) in [5.74, 6) is -1.92. The van der Waals surface area contributed by atoms with Crippen molar-refractivity contribution >= 4 is 21.7 Å². The number of benzene rings is 1. The predicted octanol–water partition coefficient (Wildman–Crippen LogP) is 4.04. The molecule has 1 aromatic rings. The van der Waals surface area contributed by atoms with E-state index in [2.05, 4.69) is 15.9 Å². The first kappa shape index (κ1) is 11.2. The maximum atomic E-state index is 13.3. The first-order chi connectivity index (χ1) is 6.43. The third-order valence-corrected chi connectivity index (χ3v) is 2.18. The van der Waals surface area contributed by atoms with Crippen LogP contribution < -0.4 is 0 Å². The van der Waals surface area contributed by atoms with E-state index in [1.54, 1.807) is 13.8 Å². The summed E-state index contributed by atoms with van der Waals surface area (Å²) in [5.41, 5.74) is 0.0818. The fraction of sp³-hybridized carbons (Fsp3) is 0.200. The zero-order chi connectivity index (χ0) is 10.9. The van der Waals surface area contributed by atoms with E-state index < -0.39 is 11.6 Å². The van der Waals surface area contributed by atoms with Crippen LogP contribution in [-0.4, -0.2) is 5.11 Å². The molecule has 0 aliphatic carbocycles. The molecule has 0 atom stereocenters. The summed E-state index contributed by atoms with van der Waals surface area (Å²) in [6.07, 6.45) is 0. The second-order valence-electron chi connectivity index (χ2n) is 3.09. The Morgan fingerprint density at radius 1 is 1.21 bits per heavy atom. The van der Waals surface area contributed by atoms with Crippen molar-refractivity contribution in [1.29, 1.82) is 0 Å². The van der Waals surface area contributed by atoms with Gasteiger partial charge in [-0.05, 0) is 31.6 Å². The van der Waals surface area contributed by atoms with Crippen LogP contribution in [0.4, 0.5) is 8.78 Å². The minimum absolute atomic E-state index is 0.304. The molecule has 1 N–H and O–H groups in total. The molecule has 76 valence electrons. The smallest absolute Gasteiger partial charge is 0.138 e. The van der Waals surface area contributed by atoms with Gasteiger partial charge in [-0.2, -0.15) is 0 Å². The number of rotatable bonds is 1. The highest BCUT2D eigenvalue weighted by Gasteiger charge is 2.15. The number of hydrogen-bond donors (Lipinski definition) is 1. The molecule has 4 heteroatoms. The van der Waals surface area contributed by atoms with E-state index in [1.165, 1.54) is 0 Å². The van der Waals surface area contributed by atoms with Crippen LogP contribution in [0, 0.1) is 11.6 Å². The lowest BCUT2D eigenvalue weighted by atomic mass is 10.1. The van der Waals surface area contributed by atoms with Gasteiger partial charge in [-0.15, -0.1) is 0 Å². The van der Waals surface area contributed by atoms with Gasteiger partial charge >= 0.3 is 0 Å². The molecule has 0 bridgehead atoms. The SMILES string of the molecule is CC(C)=C(O)c1c(F)cc(Br)cc1F. The van der Waals surface area contributed by atoms with Crippen molar-refractivity contribution in [2.24, 2.45) is 0 Å². The highest BCUT2D eigenvalue weighted by molar-refractivity contribution is 9.10. The molecule has 0 radical (unpaired) electrons. The molecular weight excluding hydrogens is 254 g/mol. The van der Waals surface area contributed by atoms with Gasteiger partial charge < -0.3 is 5.11 Å². The molecular formula is C10H9BrF2O. The van der Waals surface area contributed by atoms with Crippen molar-refractivity contribution < 1.29 is 13.9 Å².